The van der Waals surface area contributed by atoms with Gasteiger partial charge in [0.05, 0.1) is 6.04 Å². The summed E-state index contributed by atoms with van der Waals surface area (Å²) in [6.07, 6.45) is 4.99. The lowest BCUT2D eigenvalue weighted by Gasteiger charge is -2.47. The number of likely N-dealkylation sites (tertiary alicyclic amines) is 1. The Morgan fingerprint density at radius 2 is 1.90 bits per heavy atom. The molecule has 1 spiro atoms. The molecule has 6 heteroatoms. The van der Waals surface area contributed by atoms with Gasteiger partial charge in [-0.1, -0.05) is 26.8 Å². The number of nitrogens with zero attached hydrogens (tertiary/aromatic N) is 1. The van der Waals surface area contributed by atoms with E-state index in [2.05, 4.69) is 36.3 Å². The second kappa shape index (κ2) is 9.27. The summed E-state index contributed by atoms with van der Waals surface area (Å²) in [7, 11) is 0. The van der Waals surface area contributed by atoms with E-state index < -0.39 is 6.04 Å². The van der Waals surface area contributed by atoms with Gasteiger partial charge in [-0.3, -0.25) is 9.59 Å². The summed E-state index contributed by atoms with van der Waals surface area (Å²) in [5.74, 6) is -0.652. The zero-order valence-electron chi connectivity index (χ0n) is 19.7. The van der Waals surface area contributed by atoms with Gasteiger partial charge in [0.1, 0.15) is 11.9 Å². The molecular formula is C25H38FN3O2. The van der Waals surface area contributed by atoms with E-state index in [0.717, 1.165) is 56.4 Å². The number of hydrogen-bond donors (Lipinski definition) is 2. The molecule has 3 rings (SSSR count). The molecule has 1 aliphatic heterocycles. The molecule has 1 heterocycles. The standard InChI is InChI=1S/C25H38FN3O2/c1-17(27-18(2)30)23(31)28-22-8-9-25(21-16-19(26)6-7-20(21)22)11-14-29(15-12-25)13-10-24(3,4)5/h6-7,16-17,22H,8-15H2,1-5H3,(H,27,30)(H,28,31)/t17-,22+/m1/s1. The topological polar surface area (TPSA) is 61.4 Å². The molecule has 1 aliphatic carbocycles. The summed E-state index contributed by atoms with van der Waals surface area (Å²) in [6, 6.07) is 4.28. The fraction of sp³-hybridized carbons (Fsp3) is 0.680. The molecule has 2 atom stereocenters. The van der Waals surface area contributed by atoms with Crippen molar-refractivity contribution in [3.63, 3.8) is 0 Å². The van der Waals surface area contributed by atoms with Crippen molar-refractivity contribution in [1.82, 2.24) is 15.5 Å². The predicted molar refractivity (Wildman–Crippen MR) is 121 cm³/mol. The average molecular weight is 432 g/mol. The van der Waals surface area contributed by atoms with E-state index in [1.54, 1.807) is 13.0 Å². The summed E-state index contributed by atoms with van der Waals surface area (Å²) in [4.78, 5) is 26.4. The van der Waals surface area contributed by atoms with E-state index in [4.69, 9.17) is 0 Å². The van der Waals surface area contributed by atoms with Crippen molar-refractivity contribution in [2.75, 3.05) is 19.6 Å². The Morgan fingerprint density at radius 1 is 1.23 bits per heavy atom. The summed E-state index contributed by atoms with van der Waals surface area (Å²) < 4.78 is 14.3. The van der Waals surface area contributed by atoms with Crippen LogP contribution in [-0.2, 0) is 15.0 Å². The zero-order valence-corrected chi connectivity index (χ0v) is 19.7. The number of amides is 2. The van der Waals surface area contributed by atoms with Crippen molar-refractivity contribution < 1.29 is 14.0 Å². The third-order valence-corrected chi connectivity index (χ3v) is 6.99. The average Bonchev–Trinajstić information content (AvgIpc) is 2.69. The lowest BCUT2D eigenvalue weighted by atomic mass is 9.63. The monoisotopic (exact) mass is 431 g/mol. The molecule has 5 nitrogen and oxygen atoms in total. The third kappa shape index (κ3) is 5.85. The molecule has 0 bridgehead atoms. The highest BCUT2D eigenvalue weighted by atomic mass is 19.1. The summed E-state index contributed by atoms with van der Waals surface area (Å²) in [5.41, 5.74) is 2.40. The first-order chi connectivity index (χ1) is 14.5. The molecule has 0 radical (unpaired) electrons. The zero-order chi connectivity index (χ0) is 22.8. The Morgan fingerprint density at radius 3 is 2.52 bits per heavy atom. The summed E-state index contributed by atoms with van der Waals surface area (Å²) >= 11 is 0. The van der Waals surface area contributed by atoms with Gasteiger partial charge in [-0.25, -0.2) is 4.39 Å². The molecule has 2 amide bonds. The summed E-state index contributed by atoms with van der Waals surface area (Å²) in [6.45, 7) is 13.1. The van der Waals surface area contributed by atoms with Crippen LogP contribution in [0.5, 0.6) is 0 Å². The second-order valence-electron chi connectivity index (χ2n) is 10.7. The number of piperidine rings is 1. The van der Waals surface area contributed by atoms with Crippen molar-refractivity contribution >= 4 is 11.8 Å². The Hall–Kier alpha value is -1.95. The fourth-order valence-electron chi connectivity index (χ4n) is 5.04. The second-order valence-corrected chi connectivity index (χ2v) is 10.7. The van der Waals surface area contributed by atoms with Gasteiger partial charge >= 0.3 is 0 Å². The number of rotatable bonds is 5. The quantitative estimate of drug-likeness (QED) is 0.739. The van der Waals surface area contributed by atoms with Crippen LogP contribution < -0.4 is 10.6 Å². The Balaban J connectivity index is 1.74. The fourth-order valence-corrected chi connectivity index (χ4v) is 5.04. The van der Waals surface area contributed by atoms with Gasteiger partial charge in [0.15, 0.2) is 0 Å². The van der Waals surface area contributed by atoms with Crippen LogP contribution >= 0.6 is 0 Å². The highest BCUT2D eigenvalue weighted by Gasteiger charge is 2.42. The number of benzene rings is 1. The molecular weight excluding hydrogens is 393 g/mol. The van der Waals surface area contributed by atoms with Gasteiger partial charge in [0.25, 0.3) is 0 Å². The first-order valence-electron chi connectivity index (χ1n) is 11.6. The van der Waals surface area contributed by atoms with Gasteiger partial charge in [-0.15, -0.1) is 0 Å². The van der Waals surface area contributed by atoms with Gasteiger partial charge in [-0.05, 0) is 92.8 Å². The number of nitrogens with one attached hydrogen (secondary N) is 2. The molecule has 2 N–H and O–H groups in total. The maximum Gasteiger partial charge on any atom is 0.242 e. The Bertz CT molecular complexity index is 809. The van der Waals surface area contributed by atoms with Crippen LogP contribution in [0, 0.1) is 11.2 Å². The lowest BCUT2D eigenvalue weighted by Crippen LogP contribution is -2.49. The highest BCUT2D eigenvalue weighted by molar-refractivity contribution is 5.86. The van der Waals surface area contributed by atoms with Crippen molar-refractivity contribution in [1.29, 1.82) is 0 Å². The maximum atomic E-state index is 14.3. The first-order valence-corrected chi connectivity index (χ1v) is 11.6. The minimum atomic E-state index is -0.594. The van der Waals surface area contributed by atoms with E-state index >= 15 is 0 Å². The highest BCUT2D eigenvalue weighted by Crippen LogP contribution is 2.48. The molecule has 31 heavy (non-hydrogen) atoms. The Kier molecular flexibility index (Phi) is 7.09. The van der Waals surface area contributed by atoms with Gasteiger partial charge in [0, 0.05) is 6.92 Å². The molecule has 0 unspecified atom stereocenters. The smallest absolute Gasteiger partial charge is 0.242 e. The first kappa shape index (κ1) is 23.7. The molecule has 2 aliphatic rings. The van der Waals surface area contributed by atoms with Crippen LogP contribution in [0.2, 0.25) is 0 Å². The normalized spacial score (nSPS) is 21.9. The minimum absolute atomic E-state index is 0.0137. The molecule has 1 aromatic rings. The number of hydrogen-bond acceptors (Lipinski definition) is 3. The molecule has 0 aromatic heterocycles. The number of halogens is 1. The van der Waals surface area contributed by atoms with Gasteiger partial charge in [0.2, 0.25) is 11.8 Å². The third-order valence-electron chi connectivity index (χ3n) is 6.99. The van der Waals surface area contributed by atoms with Crippen LogP contribution in [0.25, 0.3) is 0 Å². The van der Waals surface area contributed by atoms with E-state index in [0.29, 0.717) is 5.41 Å². The molecule has 0 saturated carbocycles. The minimum Gasteiger partial charge on any atom is -0.348 e. The van der Waals surface area contributed by atoms with Crippen molar-refractivity contribution in [2.45, 2.75) is 84.2 Å². The lowest BCUT2D eigenvalue weighted by molar-refractivity contribution is -0.128. The van der Waals surface area contributed by atoms with E-state index in [9.17, 15) is 14.0 Å². The van der Waals surface area contributed by atoms with E-state index in [-0.39, 0.29) is 29.1 Å². The molecule has 172 valence electrons. The Labute approximate surface area is 186 Å². The van der Waals surface area contributed by atoms with Crippen molar-refractivity contribution in [3.8, 4) is 0 Å². The van der Waals surface area contributed by atoms with Crippen LogP contribution in [0.1, 0.15) is 83.9 Å². The van der Waals surface area contributed by atoms with Gasteiger partial charge < -0.3 is 15.5 Å². The molecule has 1 fully saturated rings. The number of fused-ring (bicyclic) bond motifs is 2. The van der Waals surface area contributed by atoms with Crippen molar-refractivity contribution in [3.05, 3.63) is 35.1 Å². The van der Waals surface area contributed by atoms with E-state index in [1.165, 1.54) is 19.4 Å². The van der Waals surface area contributed by atoms with Crippen LogP contribution in [0.3, 0.4) is 0 Å². The predicted octanol–water partition coefficient (Wildman–Crippen LogP) is 4.07. The van der Waals surface area contributed by atoms with Crippen LogP contribution in [0.4, 0.5) is 4.39 Å². The molecule has 1 aromatic carbocycles. The van der Waals surface area contributed by atoms with Crippen molar-refractivity contribution in [2.24, 2.45) is 5.41 Å². The van der Waals surface area contributed by atoms with Gasteiger partial charge in [-0.2, -0.15) is 0 Å². The number of carbonyl (C=O) groups is 2. The summed E-state index contributed by atoms with van der Waals surface area (Å²) in [5, 5.41) is 5.71. The van der Waals surface area contributed by atoms with Crippen LogP contribution in [0.15, 0.2) is 18.2 Å². The number of carbonyl (C=O) groups excluding carboxylic acids is 2. The SMILES string of the molecule is CC(=O)N[C@H](C)C(=O)N[C@H]1CCC2(CCN(CCC(C)(C)C)CC2)c2cc(F)ccc21. The van der Waals surface area contributed by atoms with E-state index in [1.807, 2.05) is 6.07 Å². The van der Waals surface area contributed by atoms with Crippen LogP contribution in [-0.4, -0.2) is 42.4 Å². The maximum absolute atomic E-state index is 14.3. The largest absolute Gasteiger partial charge is 0.348 e. The molecule has 1 saturated heterocycles.